The van der Waals surface area contributed by atoms with Crippen LogP contribution < -0.4 is 14.8 Å². The van der Waals surface area contributed by atoms with Crippen molar-refractivity contribution in [2.24, 2.45) is 0 Å². The zero-order valence-electron chi connectivity index (χ0n) is 18.2. The smallest absolute Gasteiger partial charge is 0.387 e. The SMILES string of the molecule is COc1cc(F)c(-n2cc(-c3ccc(Cl)c(Cl)c3)nc2NC(=O)c2ccc(OC(F)F)cc2)c(F)c1. The van der Waals surface area contributed by atoms with E-state index in [1.165, 1.54) is 49.7 Å². The van der Waals surface area contributed by atoms with Gasteiger partial charge < -0.3 is 9.47 Å². The minimum atomic E-state index is -3.02. The van der Waals surface area contributed by atoms with Crippen LogP contribution in [0.2, 0.25) is 10.0 Å². The van der Waals surface area contributed by atoms with Gasteiger partial charge in [-0.25, -0.2) is 13.8 Å². The number of alkyl halides is 2. The fraction of sp³-hybridized carbons (Fsp3) is 0.0833. The van der Waals surface area contributed by atoms with Crippen molar-refractivity contribution in [3.63, 3.8) is 0 Å². The van der Waals surface area contributed by atoms with E-state index in [0.717, 1.165) is 16.7 Å². The quantitative estimate of drug-likeness (QED) is 0.257. The number of imidazole rings is 1. The van der Waals surface area contributed by atoms with Crippen LogP contribution in [0, 0.1) is 11.6 Å². The average molecular weight is 540 g/mol. The van der Waals surface area contributed by atoms with Gasteiger partial charge in [-0.3, -0.25) is 14.7 Å². The highest BCUT2D eigenvalue weighted by Crippen LogP contribution is 2.32. The molecule has 0 saturated heterocycles. The molecule has 186 valence electrons. The number of anilines is 1. The predicted molar refractivity (Wildman–Crippen MR) is 127 cm³/mol. The number of nitrogens with zero attached hydrogens (tertiary/aromatic N) is 2. The summed E-state index contributed by atoms with van der Waals surface area (Å²) >= 11 is 12.1. The van der Waals surface area contributed by atoms with Crippen molar-refractivity contribution < 1.29 is 31.8 Å². The van der Waals surface area contributed by atoms with Crippen LogP contribution in [0.1, 0.15) is 10.4 Å². The van der Waals surface area contributed by atoms with Crippen LogP contribution in [0.5, 0.6) is 11.5 Å². The monoisotopic (exact) mass is 539 g/mol. The fourth-order valence-electron chi connectivity index (χ4n) is 3.29. The molecule has 1 amide bonds. The lowest BCUT2D eigenvalue weighted by atomic mass is 10.2. The van der Waals surface area contributed by atoms with Gasteiger partial charge in [-0.1, -0.05) is 29.3 Å². The molecule has 1 N–H and O–H groups in total. The van der Waals surface area contributed by atoms with E-state index in [9.17, 15) is 22.4 Å². The maximum absolute atomic E-state index is 14.9. The molecule has 4 rings (SSSR count). The molecule has 0 fully saturated rings. The Morgan fingerprint density at radius 3 is 2.22 bits per heavy atom. The molecule has 0 aliphatic heterocycles. The number of ether oxygens (including phenoxy) is 2. The Morgan fingerprint density at radius 1 is 0.972 bits per heavy atom. The lowest BCUT2D eigenvalue weighted by Crippen LogP contribution is -2.16. The van der Waals surface area contributed by atoms with Gasteiger partial charge in [-0.2, -0.15) is 8.78 Å². The summed E-state index contributed by atoms with van der Waals surface area (Å²) in [5.74, 6) is -3.09. The Morgan fingerprint density at radius 2 is 1.64 bits per heavy atom. The molecule has 36 heavy (non-hydrogen) atoms. The highest BCUT2D eigenvalue weighted by atomic mass is 35.5. The van der Waals surface area contributed by atoms with E-state index in [0.29, 0.717) is 10.6 Å². The van der Waals surface area contributed by atoms with Crippen LogP contribution in [-0.4, -0.2) is 29.2 Å². The average Bonchev–Trinajstić information content (AvgIpc) is 3.23. The summed E-state index contributed by atoms with van der Waals surface area (Å²) < 4.78 is 64.7. The van der Waals surface area contributed by atoms with Gasteiger partial charge in [0.15, 0.2) is 11.6 Å². The maximum Gasteiger partial charge on any atom is 0.387 e. The molecule has 0 spiro atoms. The van der Waals surface area contributed by atoms with E-state index in [4.69, 9.17) is 27.9 Å². The lowest BCUT2D eigenvalue weighted by Gasteiger charge is -2.12. The van der Waals surface area contributed by atoms with Gasteiger partial charge in [0.2, 0.25) is 5.95 Å². The normalized spacial score (nSPS) is 11.0. The van der Waals surface area contributed by atoms with Crippen LogP contribution in [-0.2, 0) is 0 Å². The molecule has 0 saturated carbocycles. The number of carbonyl (C=O) groups is 1. The number of hydrogen-bond acceptors (Lipinski definition) is 4. The van der Waals surface area contributed by atoms with Crippen LogP contribution in [0.3, 0.4) is 0 Å². The topological polar surface area (TPSA) is 65.4 Å². The van der Waals surface area contributed by atoms with Crippen molar-refractivity contribution >= 4 is 35.1 Å². The van der Waals surface area contributed by atoms with E-state index >= 15 is 0 Å². The molecule has 6 nitrogen and oxygen atoms in total. The minimum Gasteiger partial charge on any atom is -0.497 e. The van der Waals surface area contributed by atoms with E-state index in [1.807, 2.05) is 0 Å². The molecular weight excluding hydrogens is 525 g/mol. The fourth-order valence-corrected chi connectivity index (χ4v) is 3.58. The maximum atomic E-state index is 14.9. The zero-order valence-corrected chi connectivity index (χ0v) is 19.7. The van der Waals surface area contributed by atoms with Crippen molar-refractivity contribution in [1.82, 2.24) is 9.55 Å². The molecule has 3 aromatic carbocycles. The number of hydrogen-bond donors (Lipinski definition) is 1. The van der Waals surface area contributed by atoms with Crippen LogP contribution in [0.15, 0.2) is 60.8 Å². The Hall–Kier alpha value is -3.76. The van der Waals surface area contributed by atoms with E-state index in [-0.39, 0.29) is 33.7 Å². The molecule has 0 atom stereocenters. The van der Waals surface area contributed by atoms with Crippen molar-refractivity contribution in [2.45, 2.75) is 6.61 Å². The van der Waals surface area contributed by atoms with Crippen molar-refractivity contribution in [1.29, 1.82) is 0 Å². The lowest BCUT2D eigenvalue weighted by molar-refractivity contribution is -0.0498. The molecule has 12 heteroatoms. The zero-order chi connectivity index (χ0) is 26.0. The molecule has 4 aromatic rings. The van der Waals surface area contributed by atoms with Crippen LogP contribution in [0.4, 0.5) is 23.5 Å². The third-order valence-electron chi connectivity index (χ3n) is 4.96. The second kappa shape index (κ2) is 10.5. The number of nitrogens with one attached hydrogen (secondary N) is 1. The summed E-state index contributed by atoms with van der Waals surface area (Å²) in [7, 11) is 1.26. The highest BCUT2D eigenvalue weighted by molar-refractivity contribution is 6.42. The number of aromatic nitrogens is 2. The largest absolute Gasteiger partial charge is 0.497 e. The molecule has 0 aliphatic rings. The summed E-state index contributed by atoms with van der Waals surface area (Å²) in [6, 6.07) is 11.4. The molecular formula is C24H15Cl2F4N3O3. The first-order valence-electron chi connectivity index (χ1n) is 10.1. The number of methoxy groups -OCH3 is 1. The number of carbonyl (C=O) groups excluding carboxylic acids is 1. The Labute approximate surface area is 212 Å². The van der Waals surface area contributed by atoms with E-state index in [1.54, 1.807) is 6.07 Å². The van der Waals surface area contributed by atoms with Gasteiger partial charge in [0, 0.05) is 29.5 Å². The predicted octanol–water partition coefficient (Wildman–Crippen LogP) is 6.99. The minimum absolute atomic E-state index is 0.0461. The summed E-state index contributed by atoms with van der Waals surface area (Å²) in [6.45, 7) is -3.02. The number of amides is 1. The molecule has 1 aromatic heterocycles. The van der Waals surface area contributed by atoms with E-state index in [2.05, 4.69) is 15.0 Å². The van der Waals surface area contributed by atoms with Gasteiger partial charge in [0.25, 0.3) is 5.91 Å². The van der Waals surface area contributed by atoms with Gasteiger partial charge in [0.1, 0.15) is 17.2 Å². The number of halogens is 6. The third-order valence-corrected chi connectivity index (χ3v) is 5.69. The number of rotatable bonds is 7. The molecule has 0 bridgehead atoms. The molecule has 0 unspecified atom stereocenters. The van der Waals surface area contributed by atoms with Crippen LogP contribution in [0.25, 0.3) is 16.9 Å². The Kier molecular flexibility index (Phi) is 7.37. The first kappa shape index (κ1) is 25.3. The molecule has 0 radical (unpaired) electrons. The highest BCUT2D eigenvalue weighted by Gasteiger charge is 2.21. The summed E-state index contributed by atoms with van der Waals surface area (Å²) in [6.07, 6.45) is 1.31. The van der Waals surface area contributed by atoms with Crippen LogP contribution >= 0.6 is 23.2 Å². The first-order chi connectivity index (χ1) is 17.2. The molecule has 1 heterocycles. The van der Waals surface area contributed by atoms with E-state index < -0.39 is 29.8 Å². The third kappa shape index (κ3) is 5.39. The van der Waals surface area contributed by atoms with Crippen molar-refractivity contribution in [3.8, 4) is 28.4 Å². The Balaban J connectivity index is 1.76. The van der Waals surface area contributed by atoms with Crippen molar-refractivity contribution in [2.75, 3.05) is 12.4 Å². The van der Waals surface area contributed by atoms with Gasteiger partial charge in [-0.15, -0.1) is 0 Å². The second-order valence-electron chi connectivity index (χ2n) is 7.25. The van der Waals surface area contributed by atoms with Gasteiger partial charge in [0.05, 0.1) is 22.8 Å². The summed E-state index contributed by atoms with van der Waals surface area (Å²) in [4.78, 5) is 17.2. The first-order valence-corrected chi connectivity index (χ1v) is 10.9. The summed E-state index contributed by atoms with van der Waals surface area (Å²) in [5.41, 5.74) is 0.212. The number of benzene rings is 3. The summed E-state index contributed by atoms with van der Waals surface area (Å²) in [5, 5.41) is 3.00. The van der Waals surface area contributed by atoms with Crippen molar-refractivity contribution in [3.05, 3.63) is 88.0 Å². The van der Waals surface area contributed by atoms with Gasteiger partial charge >= 0.3 is 6.61 Å². The second-order valence-corrected chi connectivity index (χ2v) is 8.06. The van der Waals surface area contributed by atoms with Gasteiger partial charge in [-0.05, 0) is 36.4 Å². The molecule has 0 aliphatic carbocycles. The Bertz CT molecular complexity index is 1410. The standard InChI is InChI=1S/C24H15Cl2F4N3O3/c1-35-15-9-18(27)21(19(28)10-15)33-11-20(13-4-7-16(25)17(26)8-13)31-24(33)32-22(34)12-2-5-14(6-3-12)36-23(29)30/h2-11,23H,1H3,(H,31,32,34).